The predicted octanol–water partition coefficient (Wildman–Crippen LogP) is 4.94. The van der Waals surface area contributed by atoms with Crippen LogP contribution in [0.4, 0.5) is 0 Å². The molecule has 0 fully saturated rings. The van der Waals surface area contributed by atoms with E-state index in [0.29, 0.717) is 21.4 Å². The number of halogens is 2. The summed E-state index contributed by atoms with van der Waals surface area (Å²) in [5.41, 5.74) is 2.27. The fourth-order valence-corrected chi connectivity index (χ4v) is 2.54. The van der Waals surface area contributed by atoms with Crippen molar-refractivity contribution in [2.45, 2.75) is 27.2 Å². The molecule has 0 N–H and O–H groups in total. The van der Waals surface area contributed by atoms with Gasteiger partial charge in [0.1, 0.15) is 11.5 Å². The number of hydrogen-bond donors (Lipinski definition) is 0. The average molecular weight is 297 g/mol. The summed E-state index contributed by atoms with van der Waals surface area (Å²) in [6, 6.07) is 5.30. The van der Waals surface area contributed by atoms with E-state index >= 15 is 0 Å². The summed E-state index contributed by atoms with van der Waals surface area (Å²) < 4.78 is 5.48. The largest absolute Gasteiger partial charge is 0.466 e. The van der Waals surface area contributed by atoms with Crippen molar-refractivity contribution in [1.82, 2.24) is 0 Å². The normalized spacial score (nSPS) is 10.8. The number of carbonyl (C=O) groups excluding carboxylic acids is 1. The van der Waals surface area contributed by atoms with Crippen molar-refractivity contribution in [3.05, 3.63) is 56.5 Å². The first-order valence-electron chi connectivity index (χ1n) is 5.94. The molecule has 2 aromatic rings. The first-order chi connectivity index (χ1) is 8.91. The zero-order valence-corrected chi connectivity index (χ0v) is 12.5. The lowest BCUT2D eigenvalue weighted by atomic mass is 10.00. The van der Waals surface area contributed by atoms with E-state index in [9.17, 15) is 4.79 Å². The molecule has 0 saturated heterocycles. The molecular formula is C15H14Cl2O2. The molecule has 2 rings (SSSR count). The summed E-state index contributed by atoms with van der Waals surface area (Å²) in [6.07, 6.45) is 0.222. The number of hydrogen-bond acceptors (Lipinski definition) is 2. The first kappa shape index (κ1) is 14.2. The second kappa shape index (κ2) is 5.40. The van der Waals surface area contributed by atoms with Gasteiger partial charge in [-0.2, -0.15) is 0 Å². The molecule has 100 valence electrons. The fourth-order valence-electron chi connectivity index (χ4n) is 2.15. The van der Waals surface area contributed by atoms with Gasteiger partial charge >= 0.3 is 0 Å². The van der Waals surface area contributed by atoms with Gasteiger partial charge in [-0.25, -0.2) is 0 Å². The van der Waals surface area contributed by atoms with Crippen molar-refractivity contribution in [3.63, 3.8) is 0 Å². The molecule has 0 unspecified atom stereocenters. The summed E-state index contributed by atoms with van der Waals surface area (Å²) in [7, 11) is 0. The van der Waals surface area contributed by atoms with Gasteiger partial charge in [-0.1, -0.05) is 35.3 Å². The van der Waals surface area contributed by atoms with Gasteiger partial charge in [-0.05, 0) is 32.4 Å². The minimum Gasteiger partial charge on any atom is -0.466 e. The highest BCUT2D eigenvalue weighted by atomic mass is 35.5. The van der Waals surface area contributed by atoms with E-state index in [4.69, 9.17) is 27.6 Å². The number of rotatable bonds is 3. The van der Waals surface area contributed by atoms with Crippen molar-refractivity contribution in [3.8, 4) is 0 Å². The highest BCUT2D eigenvalue weighted by Crippen LogP contribution is 2.28. The van der Waals surface area contributed by atoms with Gasteiger partial charge in [-0.3, -0.25) is 4.79 Å². The summed E-state index contributed by atoms with van der Waals surface area (Å²) >= 11 is 12.1. The van der Waals surface area contributed by atoms with Gasteiger partial charge in [-0.15, -0.1) is 0 Å². The van der Waals surface area contributed by atoms with E-state index in [1.807, 2.05) is 19.9 Å². The molecule has 2 nitrogen and oxygen atoms in total. The van der Waals surface area contributed by atoms with Crippen LogP contribution < -0.4 is 0 Å². The SMILES string of the molecule is Cc1oc(C)c(C(=O)Cc2cccc(Cl)c2Cl)c1C. The molecule has 0 spiro atoms. The van der Waals surface area contributed by atoms with E-state index in [2.05, 4.69) is 0 Å². The van der Waals surface area contributed by atoms with Crippen molar-refractivity contribution in [2.75, 3.05) is 0 Å². The molecule has 0 radical (unpaired) electrons. The van der Waals surface area contributed by atoms with Crippen LogP contribution in [0.3, 0.4) is 0 Å². The summed E-state index contributed by atoms with van der Waals surface area (Å²) in [4.78, 5) is 12.4. The molecule has 0 aliphatic rings. The fraction of sp³-hybridized carbons (Fsp3) is 0.267. The van der Waals surface area contributed by atoms with Crippen molar-refractivity contribution in [2.24, 2.45) is 0 Å². The number of benzene rings is 1. The minimum absolute atomic E-state index is 0.00369. The molecule has 1 aromatic carbocycles. The van der Waals surface area contributed by atoms with Gasteiger partial charge < -0.3 is 4.42 Å². The van der Waals surface area contributed by atoms with Crippen molar-refractivity contribution >= 4 is 29.0 Å². The number of Topliss-reactive ketones (excluding diaryl/α,β-unsaturated/α-hetero) is 1. The number of furan rings is 1. The van der Waals surface area contributed by atoms with Crippen LogP contribution in [0.25, 0.3) is 0 Å². The topological polar surface area (TPSA) is 30.2 Å². The molecule has 0 aliphatic carbocycles. The van der Waals surface area contributed by atoms with Gasteiger partial charge in [0, 0.05) is 12.0 Å². The third kappa shape index (κ3) is 2.70. The Hall–Kier alpha value is -1.25. The highest BCUT2D eigenvalue weighted by Gasteiger charge is 2.19. The number of ketones is 1. The minimum atomic E-state index is -0.00369. The van der Waals surface area contributed by atoms with Gasteiger partial charge in [0.15, 0.2) is 5.78 Å². The van der Waals surface area contributed by atoms with Crippen LogP contribution in [0.2, 0.25) is 10.0 Å². The standard InChI is InChI=1S/C15H14Cl2O2/c1-8-9(2)19-10(3)14(8)13(18)7-11-5-4-6-12(16)15(11)17/h4-6H,7H2,1-3H3. The Morgan fingerprint density at radius 3 is 2.42 bits per heavy atom. The van der Waals surface area contributed by atoms with Crippen molar-refractivity contribution < 1.29 is 9.21 Å². The molecule has 4 heteroatoms. The average Bonchev–Trinajstić information content (AvgIpc) is 2.59. The Kier molecular flexibility index (Phi) is 4.02. The Morgan fingerprint density at radius 1 is 1.16 bits per heavy atom. The lowest BCUT2D eigenvalue weighted by Gasteiger charge is -2.05. The smallest absolute Gasteiger partial charge is 0.171 e. The third-order valence-corrected chi connectivity index (χ3v) is 4.08. The maximum absolute atomic E-state index is 12.4. The van der Waals surface area contributed by atoms with Crippen LogP contribution in [-0.4, -0.2) is 5.78 Å². The number of aryl methyl sites for hydroxylation is 2. The Bertz CT molecular complexity index is 642. The monoisotopic (exact) mass is 296 g/mol. The second-order valence-electron chi connectivity index (χ2n) is 4.53. The summed E-state index contributed by atoms with van der Waals surface area (Å²) in [5, 5.41) is 0.900. The van der Waals surface area contributed by atoms with Crippen molar-refractivity contribution in [1.29, 1.82) is 0 Å². The molecular weight excluding hydrogens is 283 g/mol. The Labute approximate surface area is 122 Å². The second-order valence-corrected chi connectivity index (χ2v) is 5.31. The third-order valence-electron chi connectivity index (χ3n) is 3.22. The van der Waals surface area contributed by atoms with E-state index in [1.54, 1.807) is 19.1 Å². The summed E-state index contributed by atoms with van der Waals surface area (Å²) in [5.74, 6) is 1.42. The highest BCUT2D eigenvalue weighted by molar-refractivity contribution is 6.42. The Balaban J connectivity index is 2.34. The molecule has 0 aliphatic heterocycles. The molecule has 0 saturated carbocycles. The van der Waals surface area contributed by atoms with Crippen LogP contribution in [0.1, 0.15) is 33.0 Å². The molecule has 19 heavy (non-hydrogen) atoms. The van der Waals surface area contributed by atoms with Gasteiger partial charge in [0.2, 0.25) is 0 Å². The molecule has 0 bridgehead atoms. The lowest BCUT2D eigenvalue weighted by Crippen LogP contribution is -2.06. The van der Waals surface area contributed by atoms with Crippen LogP contribution in [0.15, 0.2) is 22.6 Å². The quantitative estimate of drug-likeness (QED) is 0.751. The van der Waals surface area contributed by atoms with Crippen LogP contribution >= 0.6 is 23.2 Å². The molecule has 1 heterocycles. The van der Waals surface area contributed by atoms with Crippen LogP contribution in [0, 0.1) is 20.8 Å². The van der Waals surface area contributed by atoms with Gasteiger partial charge in [0.05, 0.1) is 15.6 Å². The van der Waals surface area contributed by atoms with Crippen LogP contribution in [0.5, 0.6) is 0 Å². The zero-order valence-electron chi connectivity index (χ0n) is 11.0. The predicted molar refractivity (Wildman–Crippen MR) is 77.4 cm³/mol. The number of carbonyl (C=O) groups is 1. The zero-order chi connectivity index (χ0) is 14.2. The molecule has 0 amide bonds. The molecule has 0 atom stereocenters. The first-order valence-corrected chi connectivity index (χ1v) is 6.70. The van der Waals surface area contributed by atoms with E-state index in [-0.39, 0.29) is 12.2 Å². The lowest BCUT2D eigenvalue weighted by molar-refractivity contribution is 0.0991. The molecule has 1 aromatic heterocycles. The van der Waals surface area contributed by atoms with E-state index in [1.165, 1.54) is 0 Å². The Morgan fingerprint density at radius 2 is 1.84 bits per heavy atom. The van der Waals surface area contributed by atoms with E-state index < -0.39 is 0 Å². The van der Waals surface area contributed by atoms with Gasteiger partial charge in [0.25, 0.3) is 0 Å². The maximum Gasteiger partial charge on any atom is 0.171 e. The maximum atomic E-state index is 12.4. The summed E-state index contributed by atoms with van der Waals surface area (Å²) in [6.45, 7) is 5.54. The van der Waals surface area contributed by atoms with Crippen LogP contribution in [-0.2, 0) is 6.42 Å². The van der Waals surface area contributed by atoms with E-state index in [0.717, 1.165) is 16.9 Å².